The van der Waals surface area contributed by atoms with E-state index in [4.69, 9.17) is 37.1 Å². The summed E-state index contributed by atoms with van der Waals surface area (Å²) in [4.78, 5) is 38.1. The molecule has 3 fully saturated rings. The number of nitrogens with one attached hydrogen (secondary N) is 3. The Kier molecular flexibility index (Phi) is 10.5. The van der Waals surface area contributed by atoms with Crippen molar-refractivity contribution in [1.29, 1.82) is 0 Å². The van der Waals surface area contributed by atoms with Crippen molar-refractivity contribution < 1.29 is 44.5 Å². The highest BCUT2D eigenvalue weighted by atomic mass is 16.7. The van der Waals surface area contributed by atoms with Gasteiger partial charge in [-0.3, -0.25) is 19.1 Å². The van der Waals surface area contributed by atoms with Crippen molar-refractivity contribution in [3.8, 4) is 0 Å². The minimum absolute atomic E-state index is 0.0469. The molecule has 19 heteroatoms. The van der Waals surface area contributed by atoms with Crippen LogP contribution in [0.25, 0.3) is 0 Å². The zero-order valence-electron chi connectivity index (χ0n) is 22.5. The Labute approximate surface area is 238 Å². The molecule has 1 aromatic heterocycles. The molecule has 3 aliphatic rings. The first-order valence-electron chi connectivity index (χ1n) is 13.5. The van der Waals surface area contributed by atoms with Crippen LogP contribution in [0.5, 0.6) is 0 Å². The minimum atomic E-state index is -1.68. The number of hydrogen-bond donors (Lipinski definition) is 12. The molecule has 16 N–H and O–H groups in total. The number of aliphatic hydroxyl groups excluding tert-OH is 5. The van der Waals surface area contributed by atoms with Gasteiger partial charge in [0.1, 0.15) is 30.5 Å². The third-order valence-corrected chi connectivity index (χ3v) is 7.83. The van der Waals surface area contributed by atoms with Crippen molar-refractivity contribution in [3.63, 3.8) is 0 Å². The summed E-state index contributed by atoms with van der Waals surface area (Å²) < 4.78 is 17.9. The molecular formula is C23H40N8O11. The summed E-state index contributed by atoms with van der Waals surface area (Å²) in [5.41, 5.74) is 22.4. The second kappa shape index (κ2) is 13.5. The van der Waals surface area contributed by atoms with Gasteiger partial charge in [-0.1, -0.05) is 0 Å². The zero-order valence-corrected chi connectivity index (χ0v) is 22.5. The molecule has 0 bridgehead atoms. The van der Waals surface area contributed by atoms with Crippen molar-refractivity contribution in [2.75, 3.05) is 19.6 Å². The second-order valence-corrected chi connectivity index (χ2v) is 10.7. The number of nitrogens with zero attached hydrogens (tertiary/aromatic N) is 1. The van der Waals surface area contributed by atoms with Gasteiger partial charge in [0.2, 0.25) is 0 Å². The van der Waals surface area contributed by atoms with E-state index in [-0.39, 0.29) is 26.1 Å². The largest absolute Gasteiger partial charge is 0.390 e. The molecule has 0 spiro atoms. The average molecular weight is 605 g/mol. The molecule has 0 aromatic carbocycles. The van der Waals surface area contributed by atoms with Crippen LogP contribution in [0.3, 0.4) is 0 Å². The molecule has 4 rings (SSSR count). The number of nitrogens with two attached hydrogens (primary N) is 4. The van der Waals surface area contributed by atoms with Gasteiger partial charge in [0.25, 0.3) is 11.5 Å². The standard InChI is InChI=1S/C23H40N8O11/c24-6-9-14(34)15(35)11(27)22(40-9)42-18-8(26)5-7(25)13(33)12(18)28-2-3-29-20(38)19-16(36)17(37)21(41-19)31-4-1-10(32)30-23(31)39/h1,4,7-9,11-19,21-22,28,33-37H,2-3,5-6,24-27H2,(H,29,38)(H,30,32,39)/t7-,8+,9-,11-,12+,13+,14-,15-,16+,17-,18-,19+,21-,22-/m1/s1. The van der Waals surface area contributed by atoms with Crippen LogP contribution in [0.4, 0.5) is 0 Å². The van der Waals surface area contributed by atoms with Gasteiger partial charge in [-0.05, 0) is 6.42 Å². The van der Waals surface area contributed by atoms with Crippen LogP contribution in [0, 0.1) is 0 Å². The second-order valence-electron chi connectivity index (χ2n) is 10.7. The topological polar surface area (TPSA) is 329 Å². The Hall–Kier alpha value is -2.37. The molecule has 1 aliphatic carbocycles. The lowest BCUT2D eigenvalue weighted by Crippen LogP contribution is -2.70. The highest BCUT2D eigenvalue weighted by Crippen LogP contribution is 2.29. The quantitative estimate of drug-likeness (QED) is 0.116. The maximum atomic E-state index is 12.7. The summed E-state index contributed by atoms with van der Waals surface area (Å²) in [6.45, 7) is -0.120. The Bertz CT molecular complexity index is 1190. The molecule has 0 radical (unpaired) electrons. The Morgan fingerprint density at radius 1 is 1.00 bits per heavy atom. The SMILES string of the molecule is NC[C@H]1O[C@H](O[C@H]2[C@@H](NCCNC(=O)[C@H]3O[C@@H](n4ccc(=O)[nH]c4=O)[C@H](O)[C@@H]3O)[C@@H](O)[C@H](N)C[C@@H]2N)[C@H](N)[C@@H](O)[C@@H]1O. The molecule has 42 heavy (non-hydrogen) atoms. The molecule has 2 aliphatic heterocycles. The van der Waals surface area contributed by atoms with E-state index in [1.54, 1.807) is 0 Å². The van der Waals surface area contributed by atoms with Gasteiger partial charge in [0.05, 0.1) is 24.3 Å². The van der Waals surface area contributed by atoms with Gasteiger partial charge >= 0.3 is 5.69 Å². The summed E-state index contributed by atoms with van der Waals surface area (Å²) >= 11 is 0. The Balaban J connectivity index is 1.35. The predicted octanol–water partition coefficient (Wildman–Crippen LogP) is -8.23. The highest BCUT2D eigenvalue weighted by Gasteiger charge is 2.49. The summed E-state index contributed by atoms with van der Waals surface area (Å²) in [7, 11) is 0. The number of rotatable bonds is 9. The minimum Gasteiger partial charge on any atom is -0.390 e. The van der Waals surface area contributed by atoms with E-state index in [9.17, 15) is 39.9 Å². The van der Waals surface area contributed by atoms with Crippen LogP contribution < -0.4 is 44.8 Å². The van der Waals surface area contributed by atoms with Crippen LogP contribution in [-0.4, -0.2) is 140 Å². The third kappa shape index (κ3) is 6.58. The molecule has 0 unspecified atom stereocenters. The zero-order chi connectivity index (χ0) is 30.9. The maximum absolute atomic E-state index is 12.7. The number of aromatic nitrogens is 2. The van der Waals surface area contributed by atoms with Gasteiger partial charge < -0.3 is 73.3 Å². The molecule has 1 aromatic rings. The van der Waals surface area contributed by atoms with Gasteiger partial charge in [0, 0.05) is 44.0 Å². The fourth-order valence-corrected chi connectivity index (χ4v) is 5.42. The van der Waals surface area contributed by atoms with E-state index >= 15 is 0 Å². The van der Waals surface area contributed by atoms with Gasteiger partial charge in [-0.2, -0.15) is 0 Å². The molecule has 1 saturated carbocycles. The lowest BCUT2D eigenvalue weighted by molar-refractivity contribution is -0.279. The van der Waals surface area contributed by atoms with Crippen molar-refractivity contribution in [2.45, 2.75) is 91.9 Å². The number of ether oxygens (including phenoxy) is 3. The molecule has 2 saturated heterocycles. The maximum Gasteiger partial charge on any atom is 0.330 e. The first-order chi connectivity index (χ1) is 19.8. The van der Waals surface area contributed by atoms with E-state index in [0.717, 1.165) is 16.8 Å². The smallest absolute Gasteiger partial charge is 0.330 e. The van der Waals surface area contributed by atoms with Crippen LogP contribution in [0.2, 0.25) is 0 Å². The van der Waals surface area contributed by atoms with Crippen molar-refractivity contribution >= 4 is 5.91 Å². The molecule has 14 atom stereocenters. The van der Waals surface area contributed by atoms with Crippen molar-refractivity contribution in [2.24, 2.45) is 22.9 Å². The number of carbonyl (C=O) groups is 1. The van der Waals surface area contributed by atoms with Crippen molar-refractivity contribution in [1.82, 2.24) is 20.2 Å². The van der Waals surface area contributed by atoms with E-state index in [1.807, 2.05) is 4.98 Å². The fourth-order valence-electron chi connectivity index (χ4n) is 5.42. The number of hydrogen-bond acceptors (Lipinski definition) is 16. The van der Waals surface area contributed by atoms with Crippen LogP contribution in [0.15, 0.2) is 21.9 Å². The highest BCUT2D eigenvalue weighted by molar-refractivity contribution is 5.81. The van der Waals surface area contributed by atoms with Gasteiger partial charge in [0.15, 0.2) is 18.6 Å². The van der Waals surface area contributed by atoms with Crippen LogP contribution in [0.1, 0.15) is 12.6 Å². The number of aromatic amines is 1. The molecule has 238 valence electrons. The number of amides is 1. The summed E-state index contributed by atoms with van der Waals surface area (Å²) in [6, 6.07) is -2.40. The lowest BCUT2D eigenvalue weighted by atomic mass is 9.82. The normalized spacial score (nSPS) is 42.4. The van der Waals surface area contributed by atoms with E-state index in [1.165, 1.54) is 0 Å². The van der Waals surface area contributed by atoms with E-state index in [2.05, 4.69) is 10.6 Å². The average Bonchev–Trinajstić information content (AvgIpc) is 3.24. The summed E-state index contributed by atoms with van der Waals surface area (Å²) in [6.07, 6.45) is -12.0. The van der Waals surface area contributed by atoms with Gasteiger partial charge in [-0.15, -0.1) is 0 Å². The van der Waals surface area contributed by atoms with Gasteiger partial charge in [-0.25, -0.2) is 4.79 Å². The fraction of sp³-hybridized carbons (Fsp3) is 0.783. The van der Waals surface area contributed by atoms with E-state index in [0.29, 0.717) is 0 Å². The number of H-pyrrole nitrogens is 1. The monoisotopic (exact) mass is 604 g/mol. The summed E-state index contributed by atoms with van der Waals surface area (Å²) in [5, 5.41) is 57.5. The number of carbonyl (C=O) groups excluding carboxylic acids is 1. The first-order valence-corrected chi connectivity index (χ1v) is 13.5. The molecular weight excluding hydrogens is 564 g/mol. The number of aliphatic hydroxyl groups is 5. The Morgan fingerprint density at radius 2 is 1.71 bits per heavy atom. The molecule has 3 heterocycles. The van der Waals surface area contributed by atoms with Crippen LogP contribution >= 0.6 is 0 Å². The first kappa shape index (κ1) is 32.5. The predicted molar refractivity (Wildman–Crippen MR) is 141 cm³/mol. The van der Waals surface area contributed by atoms with Crippen molar-refractivity contribution in [3.05, 3.63) is 33.1 Å². The lowest BCUT2D eigenvalue weighted by Gasteiger charge is -2.47. The third-order valence-electron chi connectivity index (χ3n) is 7.83. The van der Waals surface area contributed by atoms with Crippen LogP contribution in [-0.2, 0) is 19.0 Å². The molecule has 1 amide bonds. The molecule has 19 nitrogen and oxygen atoms in total. The summed E-state index contributed by atoms with van der Waals surface area (Å²) in [5.74, 6) is -0.796. The Morgan fingerprint density at radius 3 is 2.38 bits per heavy atom. The van der Waals surface area contributed by atoms with E-state index < -0.39 is 103 Å².